The molecule has 1 saturated heterocycles. The largest absolute Gasteiger partial charge is 0.381 e. The zero-order valence-electron chi connectivity index (χ0n) is 15.4. The number of nitrogens with zero attached hydrogens (tertiary/aromatic N) is 2. The third-order valence-electron chi connectivity index (χ3n) is 4.48. The summed E-state index contributed by atoms with van der Waals surface area (Å²) in [6.07, 6.45) is 0.0886. The Kier molecular flexibility index (Phi) is 5.71. The number of benzene rings is 2. The number of anilines is 1. The molecule has 0 aliphatic carbocycles. The molecule has 1 N–H and O–H groups in total. The van der Waals surface area contributed by atoms with E-state index in [-0.39, 0.29) is 23.8 Å². The van der Waals surface area contributed by atoms with Crippen LogP contribution in [0.1, 0.15) is 29.8 Å². The summed E-state index contributed by atoms with van der Waals surface area (Å²) in [5.41, 5.74) is 2.55. The average molecular weight is 369 g/mol. The minimum Gasteiger partial charge on any atom is -0.381 e. The molecular formula is C20H23N3O4. The summed E-state index contributed by atoms with van der Waals surface area (Å²) < 4.78 is 5.68. The van der Waals surface area contributed by atoms with E-state index in [1.807, 2.05) is 43.0 Å². The van der Waals surface area contributed by atoms with E-state index in [2.05, 4.69) is 5.32 Å². The lowest BCUT2D eigenvalue weighted by molar-refractivity contribution is -0.384. The lowest BCUT2D eigenvalue weighted by Gasteiger charge is -2.35. The van der Waals surface area contributed by atoms with Crippen molar-refractivity contribution in [3.05, 3.63) is 69.8 Å². The molecule has 7 nitrogen and oxygen atoms in total. The van der Waals surface area contributed by atoms with E-state index in [9.17, 15) is 14.9 Å². The van der Waals surface area contributed by atoms with Crippen LogP contribution in [-0.4, -0.2) is 41.0 Å². The molecule has 2 aromatic carbocycles. The van der Waals surface area contributed by atoms with Crippen LogP contribution in [0.4, 0.5) is 11.4 Å². The molecule has 1 fully saturated rings. The lowest BCUT2D eigenvalue weighted by Crippen LogP contribution is -2.48. The summed E-state index contributed by atoms with van der Waals surface area (Å²) >= 11 is 0. The van der Waals surface area contributed by atoms with Crippen LogP contribution in [0.5, 0.6) is 0 Å². The third-order valence-corrected chi connectivity index (χ3v) is 4.48. The summed E-state index contributed by atoms with van der Waals surface area (Å²) in [5, 5.41) is 13.9. The number of hydrogen-bond donors (Lipinski definition) is 1. The van der Waals surface area contributed by atoms with Crippen LogP contribution in [0.3, 0.4) is 0 Å². The Morgan fingerprint density at radius 2 is 1.70 bits per heavy atom. The number of non-ortho nitro benzene ring substituents is 1. The fraction of sp³-hybridized carbons (Fsp3) is 0.350. The second-order valence-electron chi connectivity index (χ2n) is 6.82. The van der Waals surface area contributed by atoms with Crippen molar-refractivity contribution in [2.45, 2.75) is 32.6 Å². The Morgan fingerprint density at radius 3 is 2.26 bits per heavy atom. The number of morpholine rings is 1. The molecule has 2 atom stereocenters. The van der Waals surface area contributed by atoms with Crippen LogP contribution >= 0.6 is 0 Å². The maximum atomic E-state index is 12.7. The first-order chi connectivity index (χ1) is 12.9. The van der Waals surface area contributed by atoms with Crippen LogP contribution < -0.4 is 5.32 Å². The van der Waals surface area contributed by atoms with Crippen molar-refractivity contribution in [3.8, 4) is 0 Å². The zero-order valence-corrected chi connectivity index (χ0v) is 15.4. The van der Waals surface area contributed by atoms with Crippen LogP contribution in [-0.2, 0) is 11.3 Å². The van der Waals surface area contributed by atoms with Gasteiger partial charge in [-0.15, -0.1) is 0 Å². The first kappa shape index (κ1) is 18.8. The Hall–Kier alpha value is -2.93. The topological polar surface area (TPSA) is 84.7 Å². The molecule has 0 saturated carbocycles. The lowest BCUT2D eigenvalue weighted by atomic mass is 10.1. The van der Waals surface area contributed by atoms with E-state index in [1.54, 1.807) is 12.1 Å². The van der Waals surface area contributed by atoms with E-state index in [0.717, 1.165) is 11.3 Å². The van der Waals surface area contributed by atoms with Gasteiger partial charge in [0, 0.05) is 43.0 Å². The molecule has 7 heteroatoms. The predicted molar refractivity (Wildman–Crippen MR) is 103 cm³/mol. The third kappa shape index (κ3) is 4.83. The SMILES string of the molecule is CC1CN(C(=O)c2ccc(CNc3ccc([N+](=O)[O-])cc3)cc2)CC(C)O1. The Bertz CT molecular complexity index is 795. The highest BCUT2D eigenvalue weighted by atomic mass is 16.6. The summed E-state index contributed by atoms with van der Waals surface area (Å²) in [7, 11) is 0. The Morgan fingerprint density at radius 1 is 1.11 bits per heavy atom. The Balaban J connectivity index is 1.58. The number of hydrogen-bond acceptors (Lipinski definition) is 5. The molecule has 2 aromatic rings. The summed E-state index contributed by atoms with van der Waals surface area (Å²) in [5.74, 6) is 0.0203. The smallest absolute Gasteiger partial charge is 0.269 e. The van der Waals surface area contributed by atoms with E-state index in [0.29, 0.717) is 25.2 Å². The molecular weight excluding hydrogens is 346 g/mol. The van der Waals surface area contributed by atoms with Crippen molar-refractivity contribution in [2.75, 3.05) is 18.4 Å². The minimum atomic E-state index is -0.421. The van der Waals surface area contributed by atoms with Crippen LogP contribution in [0.25, 0.3) is 0 Å². The molecule has 0 spiro atoms. The van der Waals surface area contributed by atoms with Gasteiger partial charge in [0.15, 0.2) is 0 Å². The van der Waals surface area contributed by atoms with Crippen molar-refractivity contribution in [2.24, 2.45) is 0 Å². The van der Waals surface area contributed by atoms with Gasteiger partial charge in [0.1, 0.15) is 0 Å². The fourth-order valence-corrected chi connectivity index (χ4v) is 3.20. The molecule has 27 heavy (non-hydrogen) atoms. The molecule has 1 amide bonds. The quantitative estimate of drug-likeness (QED) is 0.644. The van der Waals surface area contributed by atoms with Crippen LogP contribution in [0.2, 0.25) is 0 Å². The van der Waals surface area contributed by atoms with Crippen LogP contribution in [0, 0.1) is 10.1 Å². The molecule has 3 rings (SSSR count). The second-order valence-corrected chi connectivity index (χ2v) is 6.82. The highest BCUT2D eigenvalue weighted by Crippen LogP contribution is 2.17. The van der Waals surface area contributed by atoms with Gasteiger partial charge in [-0.05, 0) is 43.7 Å². The highest BCUT2D eigenvalue weighted by Gasteiger charge is 2.26. The van der Waals surface area contributed by atoms with Crippen LogP contribution in [0.15, 0.2) is 48.5 Å². The first-order valence-electron chi connectivity index (χ1n) is 8.94. The van der Waals surface area contributed by atoms with E-state index >= 15 is 0 Å². The summed E-state index contributed by atoms with van der Waals surface area (Å²) in [6.45, 7) is 5.73. The first-order valence-corrected chi connectivity index (χ1v) is 8.94. The van der Waals surface area contributed by atoms with E-state index < -0.39 is 4.92 Å². The van der Waals surface area contributed by atoms with Gasteiger partial charge in [-0.25, -0.2) is 0 Å². The van der Waals surface area contributed by atoms with E-state index in [4.69, 9.17) is 4.74 Å². The highest BCUT2D eigenvalue weighted by molar-refractivity contribution is 5.94. The average Bonchev–Trinajstić information content (AvgIpc) is 2.66. The molecule has 1 aliphatic heterocycles. The molecule has 0 radical (unpaired) electrons. The van der Waals surface area contributed by atoms with Gasteiger partial charge in [-0.3, -0.25) is 14.9 Å². The van der Waals surface area contributed by atoms with Gasteiger partial charge in [-0.1, -0.05) is 12.1 Å². The number of nitro benzene ring substituents is 1. The van der Waals surface area contributed by atoms with Crippen molar-refractivity contribution in [1.82, 2.24) is 4.90 Å². The number of nitrogens with one attached hydrogen (secondary N) is 1. The zero-order chi connectivity index (χ0) is 19.4. The van der Waals surface area contributed by atoms with E-state index in [1.165, 1.54) is 12.1 Å². The molecule has 0 aromatic heterocycles. The number of ether oxygens (including phenoxy) is 1. The van der Waals surface area contributed by atoms with Gasteiger partial charge < -0.3 is 15.0 Å². The molecule has 1 heterocycles. The monoisotopic (exact) mass is 369 g/mol. The Labute approximate surface area is 158 Å². The van der Waals surface area contributed by atoms with Gasteiger partial charge in [0.25, 0.3) is 11.6 Å². The van der Waals surface area contributed by atoms with Crippen molar-refractivity contribution in [1.29, 1.82) is 0 Å². The number of amides is 1. The maximum Gasteiger partial charge on any atom is 0.269 e. The summed E-state index contributed by atoms with van der Waals surface area (Å²) in [6, 6.07) is 13.8. The van der Waals surface area contributed by atoms with Crippen molar-refractivity contribution < 1.29 is 14.5 Å². The summed E-state index contributed by atoms with van der Waals surface area (Å²) in [4.78, 5) is 24.8. The normalized spacial score (nSPS) is 19.6. The molecule has 0 bridgehead atoms. The van der Waals surface area contributed by atoms with Gasteiger partial charge in [0.05, 0.1) is 17.1 Å². The molecule has 142 valence electrons. The molecule has 1 aliphatic rings. The minimum absolute atomic E-state index is 0.0203. The van der Waals surface area contributed by atoms with Crippen molar-refractivity contribution >= 4 is 17.3 Å². The van der Waals surface area contributed by atoms with Gasteiger partial charge in [0.2, 0.25) is 0 Å². The number of rotatable bonds is 5. The number of carbonyl (C=O) groups excluding carboxylic acids is 1. The standard InChI is InChI=1S/C20H23N3O4/c1-14-12-22(13-15(2)27-14)20(24)17-5-3-16(4-6-17)11-21-18-7-9-19(10-8-18)23(25)26/h3-10,14-15,21H,11-13H2,1-2H3. The fourth-order valence-electron chi connectivity index (χ4n) is 3.20. The van der Waals surface area contributed by atoms with Gasteiger partial charge in [-0.2, -0.15) is 0 Å². The van der Waals surface area contributed by atoms with Crippen molar-refractivity contribution in [3.63, 3.8) is 0 Å². The maximum absolute atomic E-state index is 12.7. The number of carbonyl (C=O) groups is 1. The van der Waals surface area contributed by atoms with Gasteiger partial charge >= 0.3 is 0 Å². The predicted octanol–water partition coefficient (Wildman–Crippen LogP) is 3.46. The number of nitro groups is 1. The molecule has 2 unspecified atom stereocenters. The second kappa shape index (κ2) is 8.18.